The maximum absolute atomic E-state index is 10.0. The molecular formula is C12H18OS. The van der Waals surface area contributed by atoms with Gasteiger partial charge in [0.05, 0.1) is 0 Å². The molecule has 0 amide bonds. The number of aromatic hydroxyl groups is 1. The Labute approximate surface area is 90.5 Å². The highest BCUT2D eigenvalue weighted by Crippen LogP contribution is 2.37. The van der Waals surface area contributed by atoms with Gasteiger partial charge in [-0.15, -0.1) is 0 Å². The highest BCUT2D eigenvalue weighted by molar-refractivity contribution is 7.98. The summed E-state index contributed by atoms with van der Waals surface area (Å²) in [5.74, 6) is 0.855. The van der Waals surface area contributed by atoms with E-state index in [0.717, 1.165) is 11.1 Å². The summed E-state index contributed by atoms with van der Waals surface area (Å²) in [6.07, 6.45) is 2.06. The van der Waals surface area contributed by atoms with Gasteiger partial charge in [0.15, 0.2) is 0 Å². The molecule has 0 aliphatic heterocycles. The predicted molar refractivity (Wildman–Crippen MR) is 64.1 cm³/mol. The summed E-state index contributed by atoms with van der Waals surface area (Å²) >= 11 is 1.75. The normalized spacial score (nSPS) is 13.2. The third kappa shape index (κ3) is 2.24. The fourth-order valence-electron chi connectivity index (χ4n) is 1.50. The molecule has 1 rings (SSSR count). The van der Waals surface area contributed by atoms with Gasteiger partial charge >= 0.3 is 0 Å². The maximum Gasteiger partial charge on any atom is 0.123 e. The van der Waals surface area contributed by atoms with Gasteiger partial charge < -0.3 is 5.11 Å². The molecule has 0 saturated carbocycles. The van der Waals surface area contributed by atoms with Crippen LogP contribution < -0.4 is 0 Å². The van der Waals surface area contributed by atoms with E-state index in [4.69, 9.17) is 0 Å². The average molecular weight is 210 g/mol. The summed E-state index contributed by atoms with van der Waals surface area (Å²) in [7, 11) is 0. The van der Waals surface area contributed by atoms with Gasteiger partial charge in [-0.2, -0.15) is 11.8 Å². The van der Waals surface area contributed by atoms with Crippen LogP contribution in [0.2, 0.25) is 0 Å². The first-order valence-corrected chi connectivity index (χ1v) is 6.21. The minimum atomic E-state index is 0.355. The minimum absolute atomic E-state index is 0.355. The SMILES string of the molecule is CSC(C)c1cccc(C(C)C)c1O. The first-order chi connectivity index (χ1) is 6.57. The summed E-state index contributed by atoms with van der Waals surface area (Å²) in [5.41, 5.74) is 2.09. The fraction of sp³-hybridized carbons (Fsp3) is 0.500. The summed E-state index contributed by atoms with van der Waals surface area (Å²) in [5, 5.41) is 10.4. The van der Waals surface area contributed by atoms with E-state index in [1.54, 1.807) is 11.8 Å². The van der Waals surface area contributed by atoms with Gasteiger partial charge in [-0.25, -0.2) is 0 Å². The molecule has 0 saturated heterocycles. The zero-order valence-electron chi connectivity index (χ0n) is 9.24. The van der Waals surface area contributed by atoms with Crippen molar-refractivity contribution in [2.24, 2.45) is 0 Å². The average Bonchev–Trinajstić information content (AvgIpc) is 2.16. The Morgan fingerprint density at radius 3 is 2.21 bits per heavy atom. The molecule has 0 aliphatic rings. The van der Waals surface area contributed by atoms with Crippen molar-refractivity contribution in [1.82, 2.24) is 0 Å². The van der Waals surface area contributed by atoms with Crippen LogP contribution in [-0.2, 0) is 0 Å². The molecule has 1 aromatic rings. The van der Waals surface area contributed by atoms with E-state index in [9.17, 15) is 5.11 Å². The van der Waals surface area contributed by atoms with Crippen LogP contribution in [-0.4, -0.2) is 11.4 Å². The van der Waals surface area contributed by atoms with Crippen molar-refractivity contribution in [3.63, 3.8) is 0 Å². The number of phenols is 1. The third-order valence-corrected chi connectivity index (χ3v) is 3.47. The van der Waals surface area contributed by atoms with E-state index >= 15 is 0 Å². The number of rotatable bonds is 3. The number of benzene rings is 1. The van der Waals surface area contributed by atoms with E-state index in [2.05, 4.69) is 27.0 Å². The van der Waals surface area contributed by atoms with Crippen LogP contribution in [0.4, 0.5) is 0 Å². The minimum Gasteiger partial charge on any atom is -0.507 e. The highest BCUT2D eigenvalue weighted by Gasteiger charge is 2.13. The lowest BCUT2D eigenvalue weighted by Gasteiger charge is -2.15. The molecule has 0 bridgehead atoms. The predicted octanol–water partition coefficient (Wildman–Crippen LogP) is 3.94. The van der Waals surface area contributed by atoms with Gasteiger partial charge in [0.25, 0.3) is 0 Å². The topological polar surface area (TPSA) is 20.2 Å². The van der Waals surface area contributed by atoms with Crippen molar-refractivity contribution in [1.29, 1.82) is 0 Å². The van der Waals surface area contributed by atoms with E-state index in [1.807, 2.05) is 18.2 Å². The standard InChI is InChI=1S/C12H18OS/c1-8(2)10-6-5-7-11(12(10)13)9(3)14-4/h5-9,13H,1-4H3. The first kappa shape index (κ1) is 11.4. The van der Waals surface area contributed by atoms with Crippen molar-refractivity contribution >= 4 is 11.8 Å². The van der Waals surface area contributed by atoms with Crippen LogP contribution in [0.25, 0.3) is 0 Å². The molecule has 2 heteroatoms. The van der Waals surface area contributed by atoms with Crippen molar-refractivity contribution < 1.29 is 5.11 Å². The third-order valence-electron chi connectivity index (χ3n) is 2.51. The van der Waals surface area contributed by atoms with Crippen LogP contribution >= 0.6 is 11.8 Å². The molecule has 78 valence electrons. The Balaban J connectivity index is 3.13. The smallest absolute Gasteiger partial charge is 0.123 e. The first-order valence-electron chi connectivity index (χ1n) is 4.92. The van der Waals surface area contributed by atoms with Gasteiger partial charge in [0, 0.05) is 10.8 Å². The lowest BCUT2D eigenvalue weighted by molar-refractivity contribution is 0.458. The molecule has 1 N–H and O–H groups in total. The number of hydrogen-bond donors (Lipinski definition) is 1. The number of hydrogen-bond acceptors (Lipinski definition) is 2. The van der Waals surface area contributed by atoms with Crippen LogP contribution in [0.3, 0.4) is 0 Å². The number of para-hydroxylation sites is 1. The molecule has 14 heavy (non-hydrogen) atoms. The molecule has 1 atom stereocenters. The Bertz CT molecular complexity index is 307. The monoisotopic (exact) mass is 210 g/mol. The fourth-order valence-corrected chi connectivity index (χ4v) is 1.95. The number of phenolic OH excluding ortho intramolecular Hbond substituents is 1. The Kier molecular flexibility index (Phi) is 3.87. The van der Waals surface area contributed by atoms with Gasteiger partial charge in [-0.05, 0) is 24.7 Å². The second kappa shape index (κ2) is 4.74. The lowest BCUT2D eigenvalue weighted by Crippen LogP contribution is -1.94. The highest BCUT2D eigenvalue weighted by atomic mass is 32.2. The van der Waals surface area contributed by atoms with Crippen molar-refractivity contribution in [3.05, 3.63) is 29.3 Å². The molecule has 0 heterocycles. The van der Waals surface area contributed by atoms with Gasteiger partial charge in [-0.1, -0.05) is 32.0 Å². The quantitative estimate of drug-likeness (QED) is 0.815. The Morgan fingerprint density at radius 1 is 1.14 bits per heavy atom. The molecule has 1 aromatic carbocycles. The molecule has 0 fully saturated rings. The largest absolute Gasteiger partial charge is 0.507 e. The van der Waals surface area contributed by atoms with Crippen molar-refractivity contribution in [2.75, 3.05) is 6.26 Å². The van der Waals surface area contributed by atoms with Crippen molar-refractivity contribution in [3.8, 4) is 5.75 Å². The van der Waals surface area contributed by atoms with E-state index in [1.165, 1.54) is 0 Å². The van der Waals surface area contributed by atoms with Crippen LogP contribution in [0, 0.1) is 0 Å². The Morgan fingerprint density at radius 2 is 1.71 bits per heavy atom. The molecule has 0 aromatic heterocycles. The van der Waals surface area contributed by atoms with Gasteiger partial charge in [-0.3, -0.25) is 0 Å². The lowest BCUT2D eigenvalue weighted by atomic mass is 9.98. The van der Waals surface area contributed by atoms with E-state index in [-0.39, 0.29) is 0 Å². The number of thioether (sulfide) groups is 1. The molecule has 1 nitrogen and oxygen atoms in total. The molecule has 0 aliphatic carbocycles. The van der Waals surface area contributed by atoms with Crippen molar-refractivity contribution in [2.45, 2.75) is 31.9 Å². The second-order valence-corrected chi connectivity index (χ2v) is 5.00. The van der Waals surface area contributed by atoms with Crippen LogP contribution in [0.15, 0.2) is 18.2 Å². The summed E-state index contributed by atoms with van der Waals surface area (Å²) in [6, 6.07) is 6.02. The zero-order chi connectivity index (χ0) is 10.7. The molecule has 0 spiro atoms. The summed E-state index contributed by atoms with van der Waals surface area (Å²) < 4.78 is 0. The van der Waals surface area contributed by atoms with Gasteiger partial charge in [0.2, 0.25) is 0 Å². The summed E-state index contributed by atoms with van der Waals surface area (Å²) in [6.45, 7) is 6.31. The zero-order valence-corrected chi connectivity index (χ0v) is 10.1. The van der Waals surface area contributed by atoms with E-state index < -0.39 is 0 Å². The molecule has 1 unspecified atom stereocenters. The summed E-state index contributed by atoms with van der Waals surface area (Å²) in [4.78, 5) is 0. The van der Waals surface area contributed by atoms with Gasteiger partial charge in [0.1, 0.15) is 5.75 Å². The molecular weight excluding hydrogens is 192 g/mol. The Hall–Kier alpha value is -0.630. The maximum atomic E-state index is 10.0. The van der Waals surface area contributed by atoms with Crippen LogP contribution in [0.1, 0.15) is 43.1 Å². The van der Waals surface area contributed by atoms with E-state index in [0.29, 0.717) is 16.9 Å². The van der Waals surface area contributed by atoms with Crippen LogP contribution in [0.5, 0.6) is 5.75 Å². The molecule has 0 radical (unpaired) electrons. The second-order valence-electron chi connectivity index (χ2n) is 3.82.